The third-order valence-electron chi connectivity index (χ3n) is 4.33. The molecule has 0 aromatic heterocycles. The summed E-state index contributed by atoms with van der Waals surface area (Å²) in [6, 6.07) is 0. The molecule has 2 fully saturated rings. The first-order valence-electron chi connectivity index (χ1n) is 6.51. The molecule has 3 heteroatoms. The van der Waals surface area contributed by atoms with Gasteiger partial charge in [0.25, 0.3) is 0 Å². The Morgan fingerprint density at radius 2 is 1.94 bits per heavy atom. The molecule has 1 aliphatic carbocycles. The van der Waals surface area contributed by atoms with Crippen molar-refractivity contribution in [3.63, 3.8) is 0 Å². The molecule has 0 radical (unpaired) electrons. The van der Waals surface area contributed by atoms with Crippen LogP contribution in [-0.2, 0) is 4.74 Å². The molecule has 1 aliphatic heterocycles. The predicted molar refractivity (Wildman–Crippen MR) is 64.4 cm³/mol. The Labute approximate surface area is 98.6 Å². The van der Waals surface area contributed by atoms with E-state index >= 15 is 0 Å². The fraction of sp³-hybridized carbons (Fsp3) is 1.00. The van der Waals surface area contributed by atoms with E-state index in [-0.39, 0.29) is 12.1 Å². The van der Waals surface area contributed by atoms with Crippen LogP contribution in [0.1, 0.15) is 39.5 Å². The quantitative estimate of drug-likeness (QED) is 0.766. The van der Waals surface area contributed by atoms with Gasteiger partial charge in [-0.05, 0) is 31.6 Å². The fourth-order valence-corrected chi connectivity index (χ4v) is 2.66. The average molecular weight is 227 g/mol. The summed E-state index contributed by atoms with van der Waals surface area (Å²) in [5.41, 5.74) is 0.288. The number of nitrogens with one attached hydrogen (secondary N) is 1. The standard InChI is InChI=1S/C13H25NO2/c1-11-3-5-13(8-15,6-4-11)14-7-12(2)9-16-10-12/h11,14-15H,3-10H2,1-2H3. The number of aliphatic hydroxyl groups excluding tert-OH is 1. The minimum absolute atomic E-state index is 0.00882. The number of aliphatic hydroxyl groups is 1. The predicted octanol–water partition coefficient (Wildman–Crippen LogP) is 1.55. The maximum Gasteiger partial charge on any atom is 0.0613 e. The van der Waals surface area contributed by atoms with Gasteiger partial charge in [-0.15, -0.1) is 0 Å². The molecule has 94 valence electrons. The molecular weight excluding hydrogens is 202 g/mol. The van der Waals surface area contributed by atoms with Gasteiger partial charge in [-0.3, -0.25) is 0 Å². The Bertz CT molecular complexity index is 230. The molecule has 0 amide bonds. The van der Waals surface area contributed by atoms with Gasteiger partial charge in [0.05, 0.1) is 19.8 Å². The first-order chi connectivity index (χ1) is 7.58. The van der Waals surface area contributed by atoms with Gasteiger partial charge in [0.2, 0.25) is 0 Å². The highest BCUT2D eigenvalue weighted by Gasteiger charge is 2.38. The molecule has 2 N–H and O–H groups in total. The van der Waals surface area contributed by atoms with Gasteiger partial charge in [-0.1, -0.05) is 13.8 Å². The highest BCUT2D eigenvalue weighted by atomic mass is 16.5. The van der Waals surface area contributed by atoms with Gasteiger partial charge in [-0.25, -0.2) is 0 Å². The average Bonchev–Trinajstić information content (AvgIpc) is 2.27. The van der Waals surface area contributed by atoms with Crippen LogP contribution in [0, 0.1) is 11.3 Å². The van der Waals surface area contributed by atoms with Crippen LogP contribution in [0.2, 0.25) is 0 Å². The molecule has 0 aromatic rings. The van der Waals surface area contributed by atoms with E-state index in [2.05, 4.69) is 19.2 Å². The zero-order valence-electron chi connectivity index (χ0n) is 10.6. The second kappa shape index (κ2) is 4.63. The lowest BCUT2D eigenvalue weighted by atomic mass is 9.76. The van der Waals surface area contributed by atoms with E-state index in [1.54, 1.807) is 0 Å². The maximum absolute atomic E-state index is 9.62. The molecule has 0 aromatic carbocycles. The van der Waals surface area contributed by atoms with Crippen molar-refractivity contribution in [1.29, 1.82) is 0 Å². The minimum atomic E-state index is -0.00882. The van der Waals surface area contributed by atoms with Gasteiger partial charge in [0.1, 0.15) is 0 Å². The van der Waals surface area contributed by atoms with Crippen LogP contribution in [-0.4, -0.2) is 37.0 Å². The molecule has 2 rings (SSSR count). The molecule has 1 heterocycles. The number of hydrogen-bond donors (Lipinski definition) is 2. The van der Waals surface area contributed by atoms with Crippen molar-refractivity contribution in [3.8, 4) is 0 Å². The van der Waals surface area contributed by atoms with Crippen molar-refractivity contribution >= 4 is 0 Å². The van der Waals surface area contributed by atoms with Gasteiger partial charge in [0.15, 0.2) is 0 Å². The fourth-order valence-electron chi connectivity index (χ4n) is 2.66. The number of ether oxygens (including phenoxy) is 1. The molecule has 0 unspecified atom stereocenters. The number of hydrogen-bond acceptors (Lipinski definition) is 3. The van der Waals surface area contributed by atoms with Crippen molar-refractivity contribution in [2.45, 2.75) is 45.1 Å². The number of rotatable bonds is 4. The highest BCUT2D eigenvalue weighted by molar-refractivity contribution is 4.95. The first kappa shape index (κ1) is 12.3. The Morgan fingerprint density at radius 1 is 1.31 bits per heavy atom. The van der Waals surface area contributed by atoms with Gasteiger partial charge < -0.3 is 15.2 Å². The third kappa shape index (κ3) is 2.58. The van der Waals surface area contributed by atoms with Crippen molar-refractivity contribution in [3.05, 3.63) is 0 Å². The summed E-state index contributed by atoms with van der Waals surface area (Å²) >= 11 is 0. The maximum atomic E-state index is 9.62. The Balaban J connectivity index is 1.84. The van der Waals surface area contributed by atoms with Gasteiger partial charge in [0, 0.05) is 17.5 Å². The molecule has 0 bridgehead atoms. The van der Waals surface area contributed by atoms with Crippen molar-refractivity contribution in [2.75, 3.05) is 26.4 Å². The normalized spacial score (nSPS) is 38.1. The van der Waals surface area contributed by atoms with E-state index in [0.29, 0.717) is 5.41 Å². The highest BCUT2D eigenvalue weighted by Crippen LogP contribution is 2.33. The smallest absolute Gasteiger partial charge is 0.0613 e. The van der Waals surface area contributed by atoms with Crippen molar-refractivity contribution in [2.24, 2.45) is 11.3 Å². The Hall–Kier alpha value is -0.120. The van der Waals surface area contributed by atoms with Crippen LogP contribution in [0.3, 0.4) is 0 Å². The molecule has 1 saturated carbocycles. The summed E-state index contributed by atoms with van der Waals surface area (Å²) in [5, 5.41) is 13.2. The van der Waals surface area contributed by atoms with Crippen LogP contribution >= 0.6 is 0 Å². The SMILES string of the molecule is CC1CCC(CO)(NCC2(C)COC2)CC1. The lowest BCUT2D eigenvalue weighted by Gasteiger charge is -2.44. The van der Waals surface area contributed by atoms with Crippen LogP contribution < -0.4 is 5.32 Å². The molecule has 0 atom stereocenters. The summed E-state index contributed by atoms with van der Waals surface area (Å²) in [5.74, 6) is 0.823. The van der Waals surface area contributed by atoms with Crippen LogP contribution in [0.4, 0.5) is 0 Å². The van der Waals surface area contributed by atoms with E-state index in [0.717, 1.165) is 38.5 Å². The summed E-state index contributed by atoms with van der Waals surface area (Å²) in [6.45, 7) is 7.52. The lowest BCUT2D eigenvalue weighted by Crippen LogP contribution is -2.57. The Morgan fingerprint density at radius 3 is 2.38 bits per heavy atom. The monoisotopic (exact) mass is 227 g/mol. The summed E-state index contributed by atoms with van der Waals surface area (Å²) < 4.78 is 5.26. The van der Waals surface area contributed by atoms with Crippen LogP contribution in [0.15, 0.2) is 0 Å². The zero-order valence-corrected chi connectivity index (χ0v) is 10.6. The van der Waals surface area contributed by atoms with Crippen LogP contribution in [0.25, 0.3) is 0 Å². The second-order valence-corrected chi connectivity index (χ2v) is 6.28. The van der Waals surface area contributed by atoms with Crippen molar-refractivity contribution < 1.29 is 9.84 Å². The van der Waals surface area contributed by atoms with E-state index in [1.807, 2.05) is 0 Å². The minimum Gasteiger partial charge on any atom is -0.394 e. The molecule has 2 aliphatic rings. The molecule has 16 heavy (non-hydrogen) atoms. The van der Waals surface area contributed by atoms with Gasteiger partial charge >= 0.3 is 0 Å². The summed E-state index contributed by atoms with van der Waals surface area (Å²) in [6.07, 6.45) is 4.70. The first-order valence-corrected chi connectivity index (χ1v) is 6.51. The second-order valence-electron chi connectivity index (χ2n) is 6.28. The molecule has 1 saturated heterocycles. The zero-order chi connectivity index (χ0) is 11.6. The Kier molecular flexibility index (Phi) is 3.57. The van der Waals surface area contributed by atoms with E-state index < -0.39 is 0 Å². The van der Waals surface area contributed by atoms with E-state index in [4.69, 9.17) is 4.74 Å². The molecule has 0 spiro atoms. The lowest BCUT2D eigenvalue weighted by molar-refractivity contribution is -0.104. The van der Waals surface area contributed by atoms with E-state index in [9.17, 15) is 5.11 Å². The molecule has 3 nitrogen and oxygen atoms in total. The largest absolute Gasteiger partial charge is 0.394 e. The molecular formula is C13H25NO2. The summed E-state index contributed by atoms with van der Waals surface area (Å²) in [4.78, 5) is 0. The summed E-state index contributed by atoms with van der Waals surface area (Å²) in [7, 11) is 0. The van der Waals surface area contributed by atoms with Gasteiger partial charge in [-0.2, -0.15) is 0 Å². The van der Waals surface area contributed by atoms with Crippen molar-refractivity contribution in [1.82, 2.24) is 5.32 Å². The topological polar surface area (TPSA) is 41.5 Å². The van der Waals surface area contributed by atoms with Crippen LogP contribution in [0.5, 0.6) is 0 Å². The third-order valence-corrected chi connectivity index (χ3v) is 4.33. The van der Waals surface area contributed by atoms with E-state index in [1.165, 1.54) is 12.8 Å².